The van der Waals surface area contributed by atoms with Crippen LogP contribution in [0.2, 0.25) is 0 Å². The number of nitrogens with one attached hydrogen (secondary N) is 1. The zero-order valence-corrected chi connectivity index (χ0v) is 14.3. The molecular formula is C17H18N4OS. The van der Waals surface area contributed by atoms with Gasteiger partial charge in [0.15, 0.2) is 0 Å². The highest BCUT2D eigenvalue weighted by molar-refractivity contribution is 7.21. The minimum absolute atomic E-state index is 0.252. The Morgan fingerprint density at radius 2 is 1.87 bits per heavy atom. The van der Waals surface area contributed by atoms with Crippen LogP contribution in [0.1, 0.15) is 32.2 Å². The number of nitrogens with two attached hydrogens (primary N) is 1. The average Bonchev–Trinajstić information content (AvgIpc) is 2.82. The van der Waals surface area contributed by atoms with Crippen molar-refractivity contribution < 1.29 is 4.79 Å². The van der Waals surface area contributed by atoms with Crippen LogP contribution in [-0.2, 0) is 0 Å². The van der Waals surface area contributed by atoms with Crippen LogP contribution in [0.15, 0.2) is 18.2 Å². The first-order valence-corrected chi connectivity index (χ1v) is 8.11. The molecule has 0 atom stereocenters. The van der Waals surface area contributed by atoms with Gasteiger partial charge in [-0.3, -0.25) is 4.79 Å². The van der Waals surface area contributed by atoms with Crippen LogP contribution >= 0.6 is 11.3 Å². The van der Waals surface area contributed by atoms with Gasteiger partial charge in [0.25, 0.3) is 5.91 Å². The van der Waals surface area contributed by atoms with Gasteiger partial charge in [-0.2, -0.15) is 0 Å². The largest absolute Gasteiger partial charge is 0.397 e. The summed E-state index contributed by atoms with van der Waals surface area (Å²) in [6.07, 6.45) is 0. The lowest BCUT2D eigenvalue weighted by molar-refractivity contribution is 0.103. The third-order valence-corrected chi connectivity index (χ3v) is 5.11. The second-order valence-corrected chi connectivity index (χ2v) is 6.59. The van der Waals surface area contributed by atoms with Crippen LogP contribution in [0.3, 0.4) is 0 Å². The van der Waals surface area contributed by atoms with E-state index in [0.29, 0.717) is 16.4 Å². The number of nitrogen functional groups attached to an aromatic ring is 1. The van der Waals surface area contributed by atoms with E-state index in [1.165, 1.54) is 11.3 Å². The number of aromatic nitrogens is 2. The third-order valence-electron chi connectivity index (χ3n) is 4.01. The molecule has 5 nitrogen and oxygen atoms in total. The monoisotopic (exact) mass is 326 g/mol. The molecule has 3 rings (SSSR count). The number of fused-ring (bicyclic) bond motifs is 1. The Morgan fingerprint density at radius 3 is 2.57 bits per heavy atom. The number of hydrogen-bond donors (Lipinski definition) is 2. The molecule has 3 heterocycles. The predicted octanol–water partition coefficient (Wildman–Crippen LogP) is 3.76. The van der Waals surface area contributed by atoms with Crippen molar-refractivity contribution in [2.45, 2.75) is 27.7 Å². The van der Waals surface area contributed by atoms with Crippen LogP contribution in [0.4, 0.5) is 11.5 Å². The van der Waals surface area contributed by atoms with Crippen molar-refractivity contribution >= 4 is 39.0 Å². The lowest BCUT2D eigenvalue weighted by atomic mass is 10.1. The van der Waals surface area contributed by atoms with Gasteiger partial charge < -0.3 is 11.1 Å². The van der Waals surface area contributed by atoms with Crippen molar-refractivity contribution in [2.75, 3.05) is 11.1 Å². The lowest BCUT2D eigenvalue weighted by Gasteiger charge is -2.06. The minimum Gasteiger partial charge on any atom is -0.397 e. The summed E-state index contributed by atoms with van der Waals surface area (Å²) in [7, 11) is 0. The first-order chi connectivity index (χ1) is 10.9. The van der Waals surface area contributed by atoms with E-state index in [-0.39, 0.29) is 5.91 Å². The Hall–Kier alpha value is -2.47. The Bertz CT molecular complexity index is 930. The maximum Gasteiger partial charge on any atom is 0.269 e. The number of thiophene rings is 1. The standard InChI is InChI=1S/C17H18N4OS/c1-8-6-5-7-12(19-8)21-16(22)15-14(18)13-10(3)9(2)11(4)20-17(13)23-15/h5-7H,18H2,1-4H3,(H,19,21,22). The quantitative estimate of drug-likeness (QED) is 0.751. The van der Waals surface area contributed by atoms with Gasteiger partial charge in [0.2, 0.25) is 0 Å². The summed E-state index contributed by atoms with van der Waals surface area (Å²) in [6, 6.07) is 5.49. The van der Waals surface area contributed by atoms with E-state index >= 15 is 0 Å². The summed E-state index contributed by atoms with van der Waals surface area (Å²) in [4.78, 5) is 22.7. The van der Waals surface area contributed by atoms with Crippen LogP contribution in [0, 0.1) is 27.7 Å². The topological polar surface area (TPSA) is 80.9 Å². The Kier molecular flexibility index (Phi) is 3.77. The maximum atomic E-state index is 12.5. The lowest BCUT2D eigenvalue weighted by Crippen LogP contribution is -2.13. The van der Waals surface area contributed by atoms with Gasteiger partial charge in [-0.05, 0) is 51.0 Å². The first-order valence-electron chi connectivity index (χ1n) is 7.29. The second-order valence-electron chi connectivity index (χ2n) is 5.59. The summed E-state index contributed by atoms with van der Waals surface area (Å²) < 4.78 is 0. The fourth-order valence-electron chi connectivity index (χ4n) is 2.52. The highest BCUT2D eigenvalue weighted by Gasteiger charge is 2.20. The Labute approximate surface area is 138 Å². The van der Waals surface area contributed by atoms with E-state index in [0.717, 1.165) is 32.7 Å². The van der Waals surface area contributed by atoms with E-state index in [4.69, 9.17) is 5.73 Å². The number of rotatable bonds is 2. The molecule has 0 bridgehead atoms. The normalized spacial score (nSPS) is 11.0. The molecular weight excluding hydrogens is 308 g/mol. The Morgan fingerprint density at radius 1 is 1.13 bits per heavy atom. The molecule has 0 aromatic carbocycles. The highest BCUT2D eigenvalue weighted by Crippen LogP contribution is 2.36. The molecule has 0 aliphatic heterocycles. The van der Waals surface area contributed by atoms with Gasteiger partial charge in [-0.1, -0.05) is 6.07 Å². The van der Waals surface area contributed by atoms with Gasteiger partial charge in [-0.15, -0.1) is 11.3 Å². The van der Waals surface area contributed by atoms with Crippen molar-refractivity contribution in [1.82, 2.24) is 9.97 Å². The number of anilines is 2. The first kappa shape index (κ1) is 15.4. The molecule has 0 radical (unpaired) electrons. The predicted molar refractivity (Wildman–Crippen MR) is 95.2 cm³/mol. The molecule has 6 heteroatoms. The van der Waals surface area contributed by atoms with Crippen molar-refractivity contribution in [1.29, 1.82) is 0 Å². The van der Waals surface area contributed by atoms with Crippen LogP contribution in [0.25, 0.3) is 10.2 Å². The van der Waals surface area contributed by atoms with Crippen molar-refractivity contribution in [3.63, 3.8) is 0 Å². The molecule has 0 unspecified atom stereocenters. The number of aryl methyl sites for hydroxylation is 3. The molecule has 3 aromatic heterocycles. The molecule has 3 aromatic rings. The van der Waals surface area contributed by atoms with Crippen molar-refractivity contribution in [3.05, 3.63) is 45.6 Å². The van der Waals surface area contributed by atoms with Crippen molar-refractivity contribution in [2.24, 2.45) is 0 Å². The minimum atomic E-state index is -0.252. The van der Waals surface area contributed by atoms with Gasteiger partial charge >= 0.3 is 0 Å². The molecule has 0 spiro atoms. The zero-order valence-electron chi connectivity index (χ0n) is 13.5. The van der Waals surface area contributed by atoms with E-state index < -0.39 is 0 Å². The van der Waals surface area contributed by atoms with Gasteiger partial charge in [0.1, 0.15) is 15.5 Å². The maximum absolute atomic E-state index is 12.5. The second kappa shape index (κ2) is 5.62. The molecule has 0 fully saturated rings. The number of nitrogens with zero attached hydrogens (tertiary/aromatic N) is 2. The SMILES string of the molecule is Cc1cccc(NC(=O)c2sc3nc(C)c(C)c(C)c3c2N)n1. The van der Waals surface area contributed by atoms with E-state index in [2.05, 4.69) is 15.3 Å². The summed E-state index contributed by atoms with van der Waals surface area (Å²) in [5.74, 6) is 0.266. The molecule has 23 heavy (non-hydrogen) atoms. The van der Waals surface area contributed by atoms with Crippen LogP contribution < -0.4 is 11.1 Å². The van der Waals surface area contributed by atoms with Crippen LogP contribution in [0.5, 0.6) is 0 Å². The van der Waals surface area contributed by atoms with Crippen molar-refractivity contribution in [3.8, 4) is 0 Å². The van der Waals surface area contributed by atoms with E-state index in [1.54, 1.807) is 6.07 Å². The summed E-state index contributed by atoms with van der Waals surface area (Å²) >= 11 is 1.32. The molecule has 0 saturated carbocycles. The van der Waals surface area contributed by atoms with Gasteiger partial charge in [0, 0.05) is 16.8 Å². The summed E-state index contributed by atoms with van der Waals surface area (Å²) in [5, 5.41) is 3.68. The van der Waals surface area contributed by atoms with Gasteiger partial charge in [-0.25, -0.2) is 9.97 Å². The number of hydrogen-bond acceptors (Lipinski definition) is 5. The Balaban J connectivity index is 2.05. The number of pyridine rings is 2. The molecule has 3 N–H and O–H groups in total. The fraction of sp³-hybridized carbons (Fsp3) is 0.235. The summed E-state index contributed by atoms with van der Waals surface area (Å²) in [5.41, 5.74) is 10.7. The van der Waals surface area contributed by atoms with E-state index in [1.807, 2.05) is 39.8 Å². The molecule has 0 aliphatic rings. The van der Waals surface area contributed by atoms with Gasteiger partial charge in [0.05, 0.1) is 5.69 Å². The third kappa shape index (κ3) is 2.66. The highest BCUT2D eigenvalue weighted by atomic mass is 32.1. The fourth-order valence-corrected chi connectivity index (χ4v) is 3.62. The van der Waals surface area contributed by atoms with E-state index in [9.17, 15) is 4.79 Å². The zero-order chi connectivity index (χ0) is 16.7. The average molecular weight is 326 g/mol. The molecule has 0 aliphatic carbocycles. The molecule has 0 saturated heterocycles. The number of amides is 1. The smallest absolute Gasteiger partial charge is 0.269 e. The molecule has 1 amide bonds. The number of carbonyl (C=O) groups is 1. The summed E-state index contributed by atoms with van der Waals surface area (Å²) in [6.45, 7) is 7.88. The van der Waals surface area contributed by atoms with Crippen LogP contribution in [-0.4, -0.2) is 15.9 Å². The number of carbonyl (C=O) groups excluding carboxylic acids is 1. The molecule has 118 valence electrons.